The van der Waals surface area contributed by atoms with Gasteiger partial charge in [0.15, 0.2) is 11.5 Å². The first-order valence-electron chi connectivity index (χ1n) is 8.57. The predicted molar refractivity (Wildman–Crippen MR) is 114 cm³/mol. The molecule has 7 nitrogen and oxygen atoms in total. The summed E-state index contributed by atoms with van der Waals surface area (Å²) in [5.41, 5.74) is 3.60. The molecule has 1 saturated heterocycles. The number of amides is 2. The monoisotopic (exact) mass is 522 g/mol. The van der Waals surface area contributed by atoms with Gasteiger partial charge in [0.25, 0.3) is 11.8 Å². The normalized spacial score (nSPS) is 14.9. The van der Waals surface area contributed by atoms with Crippen LogP contribution in [0.1, 0.15) is 19.4 Å². The molecule has 0 atom stereocenters. The Hall–Kier alpha value is -2.65. The number of benzene rings is 2. The largest absolute Gasteiger partial charge is 0.490 e. The number of carbonyl (C=O) groups is 3. The Labute approximate surface area is 183 Å². The Morgan fingerprint density at radius 2 is 1.86 bits per heavy atom. The second-order valence-corrected chi connectivity index (χ2v) is 7.74. The Kier molecular flexibility index (Phi) is 6.39. The maximum absolute atomic E-state index is 12.8. The molecule has 1 aliphatic rings. The topological polar surface area (TPSA) is 84.9 Å². The quantitative estimate of drug-likeness (QED) is 0.277. The Balaban J connectivity index is 1.96. The van der Waals surface area contributed by atoms with Crippen molar-refractivity contribution in [2.75, 3.05) is 11.6 Å². The fourth-order valence-corrected chi connectivity index (χ4v) is 3.48. The number of anilines is 1. The molecule has 1 fully saturated rings. The highest BCUT2D eigenvalue weighted by atomic mass is 79.9. The van der Waals surface area contributed by atoms with Crippen molar-refractivity contribution in [3.63, 3.8) is 0 Å². The summed E-state index contributed by atoms with van der Waals surface area (Å²) in [5, 5.41) is 1.19. The van der Waals surface area contributed by atoms with E-state index in [1.165, 1.54) is 18.0 Å². The zero-order valence-electron chi connectivity index (χ0n) is 15.5. The number of hydrazine groups is 1. The molecule has 2 aromatic rings. The molecule has 3 rings (SSSR count). The molecule has 0 spiro atoms. The molecule has 1 heterocycles. The van der Waals surface area contributed by atoms with Gasteiger partial charge in [-0.3, -0.25) is 19.8 Å². The van der Waals surface area contributed by atoms with E-state index in [-0.39, 0.29) is 11.3 Å². The standard InChI is InChI=1S/C20H16Br2N2O5/c1-3-28-17-10-12(9-16(22)18(17)29-11(2)25)8-15-19(26)23-24(20(15)27)14-6-4-13(21)5-7-14/h4-10H,3H2,1-2H3,(H,23,26). The minimum absolute atomic E-state index is 0.0255. The molecule has 1 aliphatic heterocycles. The van der Waals surface area contributed by atoms with Crippen molar-refractivity contribution in [2.45, 2.75) is 13.8 Å². The molecule has 1 N–H and O–H groups in total. The molecule has 0 bridgehead atoms. The van der Waals surface area contributed by atoms with Gasteiger partial charge in [-0.25, -0.2) is 5.01 Å². The highest BCUT2D eigenvalue weighted by Crippen LogP contribution is 2.38. The molecule has 0 radical (unpaired) electrons. The van der Waals surface area contributed by atoms with Gasteiger partial charge >= 0.3 is 5.97 Å². The van der Waals surface area contributed by atoms with E-state index in [1.54, 1.807) is 43.3 Å². The number of esters is 1. The molecule has 150 valence electrons. The minimum Gasteiger partial charge on any atom is -0.490 e. The van der Waals surface area contributed by atoms with Crippen LogP contribution < -0.4 is 19.9 Å². The summed E-state index contributed by atoms with van der Waals surface area (Å²) in [7, 11) is 0. The van der Waals surface area contributed by atoms with Gasteiger partial charge in [-0.1, -0.05) is 15.9 Å². The summed E-state index contributed by atoms with van der Waals surface area (Å²) in [4.78, 5) is 36.5. The van der Waals surface area contributed by atoms with E-state index in [4.69, 9.17) is 9.47 Å². The van der Waals surface area contributed by atoms with E-state index in [1.807, 2.05) is 0 Å². The van der Waals surface area contributed by atoms with E-state index < -0.39 is 17.8 Å². The van der Waals surface area contributed by atoms with Crippen molar-refractivity contribution < 1.29 is 23.9 Å². The maximum Gasteiger partial charge on any atom is 0.308 e. The number of hydrogen-bond donors (Lipinski definition) is 1. The lowest BCUT2D eigenvalue weighted by molar-refractivity contribution is -0.132. The van der Waals surface area contributed by atoms with E-state index in [2.05, 4.69) is 37.3 Å². The summed E-state index contributed by atoms with van der Waals surface area (Å²) in [6.45, 7) is 3.43. The molecule has 0 saturated carbocycles. The lowest BCUT2D eigenvalue weighted by atomic mass is 10.1. The smallest absolute Gasteiger partial charge is 0.308 e. The highest BCUT2D eigenvalue weighted by molar-refractivity contribution is 9.10. The number of nitrogens with zero attached hydrogens (tertiary/aromatic N) is 1. The molecule has 0 unspecified atom stereocenters. The first-order valence-corrected chi connectivity index (χ1v) is 10.2. The lowest BCUT2D eigenvalue weighted by Gasteiger charge is -2.14. The molecular weight excluding hydrogens is 508 g/mol. The predicted octanol–water partition coefficient (Wildman–Crippen LogP) is 4.00. The number of nitrogens with one attached hydrogen (secondary N) is 1. The maximum atomic E-state index is 12.8. The zero-order chi connectivity index (χ0) is 21.1. The Bertz CT molecular complexity index is 1020. The molecule has 2 aromatic carbocycles. The third kappa shape index (κ3) is 4.68. The summed E-state index contributed by atoms with van der Waals surface area (Å²) < 4.78 is 12.0. The second-order valence-electron chi connectivity index (χ2n) is 5.97. The summed E-state index contributed by atoms with van der Waals surface area (Å²) in [6.07, 6.45) is 1.46. The van der Waals surface area contributed by atoms with Crippen LogP contribution in [0.5, 0.6) is 11.5 Å². The van der Waals surface area contributed by atoms with E-state index >= 15 is 0 Å². The van der Waals surface area contributed by atoms with Gasteiger partial charge in [-0.05, 0) is 70.9 Å². The number of rotatable bonds is 5. The van der Waals surface area contributed by atoms with Gasteiger partial charge in [0.05, 0.1) is 16.8 Å². The fraction of sp³-hybridized carbons (Fsp3) is 0.150. The van der Waals surface area contributed by atoms with E-state index in [0.29, 0.717) is 28.1 Å². The van der Waals surface area contributed by atoms with Crippen molar-refractivity contribution >= 4 is 61.4 Å². The summed E-state index contributed by atoms with van der Waals surface area (Å²) in [5.74, 6) is -0.931. The zero-order valence-corrected chi connectivity index (χ0v) is 18.7. The van der Waals surface area contributed by atoms with Gasteiger partial charge in [0.1, 0.15) is 5.57 Å². The van der Waals surface area contributed by atoms with Gasteiger partial charge in [0.2, 0.25) is 0 Å². The number of ether oxygens (including phenoxy) is 2. The second kappa shape index (κ2) is 8.79. The third-order valence-electron chi connectivity index (χ3n) is 3.86. The van der Waals surface area contributed by atoms with E-state index in [9.17, 15) is 14.4 Å². The van der Waals surface area contributed by atoms with Gasteiger partial charge in [-0.2, -0.15) is 0 Å². The molecule has 0 aromatic heterocycles. The van der Waals surface area contributed by atoms with Crippen LogP contribution in [0.2, 0.25) is 0 Å². The number of hydrogen-bond acceptors (Lipinski definition) is 5. The van der Waals surface area contributed by atoms with Crippen LogP contribution in [-0.4, -0.2) is 24.4 Å². The van der Waals surface area contributed by atoms with Gasteiger partial charge in [0, 0.05) is 11.4 Å². The Morgan fingerprint density at radius 1 is 1.17 bits per heavy atom. The average Bonchev–Trinajstić information content (AvgIpc) is 2.93. The van der Waals surface area contributed by atoms with Crippen molar-refractivity contribution in [3.05, 3.63) is 56.5 Å². The highest BCUT2D eigenvalue weighted by Gasteiger charge is 2.34. The summed E-state index contributed by atoms with van der Waals surface area (Å²) >= 11 is 6.68. The fourth-order valence-electron chi connectivity index (χ4n) is 2.67. The van der Waals surface area contributed by atoms with Crippen LogP contribution in [0.25, 0.3) is 6.08 Å². The molecule has 29 heavy (non-hydrogen) atoms. The molecule has 0 aliphatic carbocycles. The van der Waals surface area contributed by atoms with Crippen LogP contribution in [0.15, 0.2) is 50.9 Å². The van der Waals surface area contributed by atoms with Crippen LogP contribution in [0.3, 0.4) is 0 Å². The number of carbonyl (C=O) groups excluding carboxylic acids is 3. The van der Waals surface area contributed by atoms with Crippen molar-refractivity contribution in [3.8, 4) is 11.5 Å². The third-order valence-corrected chi connectivity index (χ3v) is 4.98. The van der Waals surface area contributed by atoms with Crippen molar-refractivity contribution in [2.24, 2.45) is 0 Å². The molecular formula is C20H16Br2N2O5. The SMILES string of the molecule is CCOc1cc(C=C2C(=O)NN(c3ccc(Br)cc3)C2=O)cc(Br)c1OC(C)=O. The molecule has 2 amide bonds. The average molecular weight is 524 g/mol. The summed E-state index contributed by atoms with van der Waals surface area (Å²) in [6, 6.07) is 10.2. The van der Waals surface area contributed by atoms with Crippen LogP contribution in [0.4, 0.5) is 5.69 Å². The van der Waals surface area contributed by atoms with Gasteiger partial charge in [-0.15, -0.1) is 0 Å². The van der Waals surface area contributed by atoms with Crippen LogP contribution in [0, 0.1) is 0 Å². The van der Waals surface area contributed by atoms with Crippen LogP contribution >= 0.6 is 31.9 Å². The Morgan fingerprint density at radius 3 is 2.48 bits per heavy atom. The van der Waals surface area contributed by atoms with Crippen molar-refractivity contribution in [1.29, 1.82) is 0 Å². The first kappa shape index (κ1) is 21.1. The van der Waals surface area contributed by atoms with Crippen molar-refractivity contribution in [1.82, 2.24) is 5.43 Å². The number of halogens is 2. The lowest BCUT2D eigenvalue weighted by Crippen LogP contribution is -2.35. The first-order chi connectivity index (χ1) is 13.8. The molecule has 9 heteroatoms. The van der Waals surface area contributed by atoms with Crippen LogP contribution in [-0.2, 0) is 14.4 Å². The van der Waals surface area contributed by atoms with E-state index in [0.717, 1.165) is 4.47 Å². The minimum atomic E-state index is -0.518. The van der Waals surface area contributed by atoms with Gasteiger partial charge < -0.3 is 9.47 Å².